The first-order valence-electron chi connectivity index (χ1n) is 5.47. The van der Waals surface area contributed by atoms with Crippen molar-refractivity contribution in [2.24, 2.45) is 0 Å². The Balaban J connectivity index is 2.04. The Labute approximate surface area is 109 Å². The molecule has 2 rings (SSSR count). The van der Waals surface area contributed by atoms with Crippen LogP contribution in [0.25, 0.3) is 0 Å². The van der Waals surface area contributed by atoms with Crippen molar-refractivity contribution in [2.45, 2.75) is 20.0 Å². The van der Waals surface area contributed by atoms with Crippen molar-refractivity contribution in [1.29, 1.82) is 0 Å². The molecule has 1 aromatic carbocycles. The molecule has 0 aliphatic carbocycles. The molecule has 0 atom stereocenters. The highest BCUT2D eigenvalue weighted by Crippen LogP contribution is 2.16. The van der Waals surface area contributed by atoms with Gasteiger partial charge in [0.05, 0.1) is 11.9 Å². The minimum absolute atomic E-state index is 0.514. The molecular formula is C13H13BrN2O. The van der Waals surface area contributed by atoms with Gasteiger partial charge in [-0.05, 0) is 27.9 Å². The van der Waals surface area contributed by atoms with Crippen LogP contribution in [0.15, 0.2) is 41.1 Å². The number of halogens is 1. The summed E-state index contributed by atoms with van der Waals surface area (Å²) >= 11 is 3.36. The van der Waals surface area contributed by atoms with Gasteiger partial charge in [0, 0.05) is 0 Å². The van der Waals surface area contributed by atoms with Crippen LogP contribution >= 0.6 is 15.9 Å². The molecule has 0 unspecified atom stereocenters. The summed E-state index contributed by atoms with van der Waals surface area (Å²) < 4.78 is 6.38. The molecule has 0 fully saturated rings. The van der Waals surface area contributed by atoms with Gasteiger partial charge in [-0.3, -0.25) is 0 Å². The van der Waals surface area contributed by atoms with E-state index in [4.69, 9.17) is 4.74 Å². The largest absolute Gasteiger partial charge is 0.472 e. The topological polar surface area (TPSA) is 35.0 Å². The minimum atomic E-state index is 0.514. The summed E-state index contributed by atoms with van der Waals surface area (Å²) in [6.07, 6.45) is 2.46. The summed E-state index contributed by atoms with van der Waals surface area (Å²) in [5, 5.41) is 0. The highest BCUT2D eigenvalue weighted by molar-refractivity contribution is 9.10. The molecule has 17 heavy (non-hydrogen) atoms. The Morgan fingerprint density at radius 1 is 1.24 bits per heavy atom. The van der Waals surface area contributed by atoms with Crippen LogP contribution in [0.2, 0.25) is 0 Å². The van der Waals surface area contributed by atoms with Crippen LogP contribution in [0.3, 0.4) is 0 Å². The third kappa shape index (κ3) is 3.27. The highest BCUT2D eigenvalue weighted by Gasteiger charge is 2.04. The van der Waals surface area contributed by atoms with Gasteiger partial charge in [-0.15, -0.1) is 0 Å². The van der Waals surface area contributed by atoms with Gasteiger partial charge >= 0.3 is 0 Å². The Hall–Kier alpha value is -1.42. The van der Waals surface area contributed by atoms with Crippen LogP contribution in [-0.2, 0) is 13.0 Å². The normalized spacial score (nSPS) is 10.2. The summed E-state index contributed by atoms with van der Waals surface area (Å²) in [7, 11) is 0. The molecule has 0 spiro atoms. The maximum Gasteiger partial charge on any atom is 0.232 e. The molecule has 3 nitrogen and oxygen atoms in total. The van der Waals surface area contributed by atoms with Gasteiger partial charge < -0.3 is 4.74 Å². The van der Waals surface area contributed by atoms with Crippen molar-refractivity contribution in [3.05, 3.63) is 52.4 Å². The SMILES string of the molecule is CCc1nc(OCc2ccccc2)cnc1Br. The van der Waals surface area contributed by atoms with E-state index in [-0.39, 0.29) is 0 Å². The summed E-state index contributed by atoms with van der Waals surface area (Å²) in [6, 6.07) is 10.0. The highest BCUT2D eigenvalue weighted by atomic mass is 79.9. The maximum absolute atomic E-state index is 5.60. The van der Waals surface area contributed by atoms with E-state index in [1.165, 1.54) is 0 Å². The van der Waals surface area contributed by atoms with Crippen LogP contribution in [0.4, 0.5) is 0 Å². The van der Waals surface area contributed by atoms with E-state index >= 15 is 0 Å². The van der Waals surface area contributed by atoms with E-state index in [2.05, 4.69) is 25.9 Å². The zero-order valence-electron chi connectivity index (χ0n) is 9.56. The molecule has 0 saturated heterocycles. The Bertz CT molecular complexity index is 488. The second kappa shape index (κ2) is 5.77. The predicted octanol–water partition coefficient (Wildman–Crippen LogP) is 3.38. The number of aryl methyl sites for hydroxylation is 1. The molecule has 0 radical (unpaired) electrons. The second-order valence-corrected chi connectivity index (χ2v) is 4.32. The molecular weight excluding hydrogens is 280 g/mol. The fraction of sp³-hybridized carbons (Fsp3) is 0.231. The van der Waals surface area contributed by atoms with Crippen molar-refractivity contribution < 1.29 is 4.74 Å². The van der Waals surface area contributed by atoms with Crippen molar-refractivity contribution in [3.8, 4) is 5.88 Å². The summed E-state index contributed by atoms with van der Waals surface area (Å²) in [4.78, 5) is 8.57. The molecule has 1 aromatic heterocycles. The van der Waals surface area contributed by atoms with Gasteiger partial charge in [-0.1, -0.05) is 37.3 Å². The van der Waals surface area contributed by atoms with Gasteiger partial charge in [0.2, 0.25) is 5.88 Å². The molecule has 0 aliphatic rings. The first-order valence-corrected chi connectivity index (χ1v) is 6.27. The summed E-state index contributed by atoms with van der Waals surface area (Å²) in [5.74, 6) is 0.564. The van der Waals surface area contributed by atoms with Crippen LogP contribution in [-0.4, -0.2) is 9.97 Å². The molecule has 0 bridgehead atoms. The summed E-state index contributed by atoms with van der Waals surface area (Å²) in [5.41, 5.74) is 2.03. The van der Waals surface area contributed by atoms with E-state index < -0.39 is 0 Å². The number of aromatic nitrogens is 2. The van der Waals surface area contributed by atoms with Crippen LogP contribution in [0.1, 0.15) is 18.2 Å². The monoisotopic (exact) mass is 292 g/mol. The van der Waals surface area contributed by atoms with Crippen LogP contribution < -0.4 is 4.74 Å². The van der Waals surface area contributed by atoms with E-state index in [0.717, 1.165) is 22.3 Å². The summed E-state index contributed by atoms with van der Waals surface area (Å²) in [6.45, 7) is 2.55. The molecule has 2 aromatic rings. The fourth-order valence-electron chi connectivity index (χ4n) is 1.42. The Kier molecular flexibility index (Phi) is 4.09. The Morgan fingerprint density at radius 2 is 2.00 bits per heavy atom. The van der Waals surface area contributed by atoms with Crippen molar-refractivity contribution in [3.63, 3.8) is 0 Å². The third-order valence-corrected chi connectivity index (χ3v) is 3.00. The number of ether oxygens (including phenoxy) is 1. The Morgan fingerprint density at radius 3 is 2.71 bits per heavy atom. The van der Waals surface area contributed by atoms with E-state index in [0.29, 0.717) is 12.5 Å². The standard InChI is InChI=1S/C13H13BrN2O/c1-2-11-13(14)15-8-12(16-11)17-9-10-6-4-3-5-7-10/h3-8H,2,9H2,1H3. The molecule has 0 amide bonds. The van der Waals surface area contributed by atoms with Gasteiger partial charge in [-0.25, -0.2) is 9.97 Å². The molecule has 1 heterocycles. The van der Waals surface area contributed by atoms with Crippen LogP contribution in [0.5, 0.6) is 5.88 Å². The number of hydrogen-bond acceptors (Lipinski definition) is 3. The van der Waals surface area contributed by atoms with Crippen molar-refractivity contribution in [2.75, 3.05) is 0 Å². The minimum Gasteiger partial charge on any atom is -0.472 e. The lowest BCUT2D eigenvalue weighted by atomic mass is 10.2. The lowest BCUT2D eigenvalue weighted by molar-refractivity contribution is 0.291. The average Bonchev–Trinajstić information content (AvgIpc) is 2.39. The smallest absolute Gasteiger partial charge is 0.232 e. The number of rotatable bonds is 4. The lowest BCUT2D eigenvalue weighted by Crippen LogP contribution is -2.00. The molecule has 0 saturated carbocycles. The first kappa shape index (κ1) is 12.0. The van der Waals surface area contributed by atoms with E-state index in [1.807, 2.05) is 37.3 Å². The number of benzene rings is 1. The quantitative estimate of drug-likeness (QED) is 0.866. The fourth-order valence-corrected chi connectivity index (χ4v) is 1.89. The van der Waals surface area contributed by atoms with E-state index in [9.17, 15) is 0 Å². The zero-order chi connectivity index (χ0) is 12.1. The molecule has 88 valence electrons. The second-order valence-electron chi connectivity index (χ2n) is 3.57. The number of hydrogen-bond donors (Lipinski definition) is 0. The zero-order valence-corrected chi connectivity index (χ0v) is 11.1. The third-order valence-electron chi connectivity index (χ3n) is 2.34. The van der Waals surface area contributed by atoms with Gasteiger partial charge in [0.25, 0.3) is 0 Å². The molecule has 0 N–H and O–H groups in total. The van der Waals surface area contributed by atoms with Crippen molar-refractivity contribution in [1.82, 2.24) is 9.97 Å². The number of nitrogens with zero attached hydrogens (tertiary/aromatic N) is 2. The van der Waals surface area contributed by atoms with Gasteiger partial charge in [0.15, 0.2) is 0 Å². The van der Waals surface area contributed by atoms with E-state index in [1.54, 1.807) is 6.20 Å². The maximum atomic E-state index is 5.60. The van der Waals surface area contributed by atoms with Gasteiger partial charge in [0.1, 0.15) is 11.2 Å². The molecule has 4 heteroatoms. The first-order chi connectivity index (χ1) is 8.29. The average molecular weight is 293 g/mol. The lowest BCUT2D eigenvalue weighted by Gasteiger charge is -2.06. The van der Waals surface area contributed by atoms with Crippen molar-refractivity contribution >= 4 is 15.9 Å². The molecule has 0 aliphatic heterocycles. The van der Waals surface area contributed by atoms with Gasteiger partial charge in [-0.2, -0.15) is 0 Å². The van der Waals surface area contributed by atoms with Crippen LogP contribution in [0, 0.1) is 0 Å². The predicted molar refractivity (Wildman–Crippen MR) is 69.9 cm³/mol.